The Bertz CT molecular complexity index is 2510. The molecule has 23 atom stereocenters. The Labute approximate surface area is 509 Å². The second-order valence-electron chi connectivity index (χ2n) is 25.9. The zero-order valence-corrected chi connectivity index (χ0v) is 54.8. The fraction of sp³-hybridized carbons (Fsp3) is 0.820. The van der Waals surface area contributed by atoms with E-state index in [2.05, 4.69) is 20.1 Å². The Morgan fingerprint density at radius 2 is 1.49 bits per heavy atom. The third kappa shape index (κ3) is 18.1. The summed E-state index contributed by atoms with van der Waals surface area (Å²) in [5.41, 5.74) is -3.23. The molecule has 0 aliphatic carbocycles. The average Bonchev–Trinajstić information content (AvgIpc) is 1.09. The number of carboxylic acids is 1. The molecule has 1 aromatic carbocycles. The van der Waals surface area contributed by atoms with Crippen LogP contribution in [0.5, 0.6) is 0 Å². The number of esters is 1. The first kappa shape index (κ1) is 72.8. The lowest BCUT2D eigenvalue weighted by atomic mass is 9.64. The molecule has 4 aliphatic heterocycles. The molecule has 0 radical (unpaired) electrons. The summed E-state index contributed by atoms with van der Waals surface area (Å²) >= 11 is 0. The number of carbonyl (C=O) groups is 4. The summed E-state index contributed by atoms with van der Waals surface area (Å²) < 4.78 is 93.5. The fourth-order valence-corrected chi connectivity index (χ4v) is 14.3. The van der Waals surface area contributed by atoms with Crippen LogP contribution in [0.4, 0.5) is 4.79 Å². The summed E-state index contributed by atoms with van der Waals surface area (Å²) in [6.07, 6.45) is -13.5. The van der Waals surface area contributed by atoms with Gasteiger partial charge in [0.05, 0.1) is 65.1 Å². The minimum Gasteiger partial charge on any atom is -0.481 e. The van der Waals surface area contributed by atoms with E-state index >= 15 is 9.59 Å². The Balaban J connectivity index is 1.73. The highest BCUT2D eigenvalue weighted by Crippen LogP contribution is 2.44. The van der Waals surface area contributed by atoms with Crippen LogP contribution in [0, 0.1) is 53.3 Å². The van der Waals surface area contributed by atoms with Gasteiger partial charge in [0.15, 0.2) is 30.3 Å². The number of carbonyl (C=O) groups excluding carboxylic acids is 3. The van der Waals surface area contributed by atoms with Crippen LogP contribution in [0.3, 0.4) is 0 Å². The van der Waals surface area contributed by atoms with Crippen LogP contribution in [-0.2, 0) is 76.6 Å². The smallest absolute Gasteiger partial charge is 0.408 e. The van der Waals surface area contributed by atoms with E-state index in [1.54, 1.807) is 94.4 Å². The molecule has 4 saturated heterocycles. The van der Waals surface area contributed by atoms with E-state index in [-0.39, 0.29) is 48.7 Å². The lowest BCUT2D eigenvalue weighted by molar-refractivity contribution is -0.305. The molecule has 1 amide bonds. The number of rotatable bonds is 20. The van der Waals surface area contributed by atoms with Crippen LogP contribution in [0.2, 0.25) is 0 Å². The number of carboxylic acid groups (broad SMARTS) is 1. The lowest BCUT2D eigenvalue weighted by Crippen LogP contribution is -2.59. The van der Waals surface area contributed by atoms with Gasteiger partial charge in [-0.15, -0.1) is 0 Å². The molecule has 1 aromatic rings. The van der Waals surface area contributed by atoms with Crippen molar-refractivity contribution in [2.45, 2.75) is 225 Å². The van der Waals surface area contributed by atoms with E-state index in [0.717, 1.165) is 0 Å². The summed E-state index contributed by atoms with van der Waals surface area (Å²) in [4.78, 5) is 67.6. The second-order valence-corrected chi connectivity index (χ2v) is 27.7. The minimum absolute atomic E-state index is 0.00541. The fourth-order valence-electron chi connectivity index (χ4n) is 13.1. The first-order valence-corrected chi connectivity index (χ1v) is 31.7. The number of nitrogens with one attached hydrogen (secondary N) is 2. The summed E-state index contributed by atoms with van der Waals surface area (Å²) in [6, 6.07) is 7.67. The molecule has 5 N–H and O–H groups in total. The van der Waals surface area contributed by atoms with Gasteiger partial charge in [-0.3, -0.25) is 14.4 Å². The van der Waals surface area contributed by atoms with Gasteiger partial charge in [0, 0.05) is 63.9 Å². The van der Waals surface area contributed by atoms with E-state index in [1.165, 1.54) is 40.4 Å². The maximum atomic E-state index is 16.2. The van der Waals surface area contributed by atoms with Crippen molar-refractivity contribution < 1.29 is 95.1 Å². The zero-order chi connectivity index (χ0) is 64.5. The number of amides is 1. The maximum Gasteiger partial charge on any atom is 0.408 e. The SMILES string of the molecule is CON=C1C[C@@H](C)O[C@@H](O[C@@H]2[C@@H](C)[C@H](O[C@H]3C[C@H](C)N(C)C[C@H](C)O3)[C@@H](C)C(=O)OC(C(C)CO[C@@H]3O[C@H](C)[C@@H](O)[C@@H](OC)[C@H]3OC)[C@@H](C)[C@@H]([C@H](C(=O)O)C(C)C)[C@@H](C)C(=O)[C@@](C)(OC(=O)NC(C)(C)CNS(=O)(=O)c3ccccc3)C[C@@H]2C)[C@@H]1O. The predicted molar refractivity (Wildman–Crippen MR) is 316 cm³/mol. The number of likely N-dealkylation sites (N-methyl/N-ethyl adjacent to an activating group) is 1. The number of nitrogens with zero attached hydrogens (tertiary/aromatic N) is 2. The molecule has 4 heterocycles. The number of alkyl carbamates (subject to hydrolysis) is 1. The minimum atomic E-state index is -4.04. The third-order valence-electron chi connectivity index (χ3n) is 17.9. The molecule has 4 aliphatic rings. The number of aliphatic hydroxyl groups excluding tert-OH is 2. The van der Waals surface area contributed by atoms with Gasteiger partial charge in [-0.05, 0) is 105 Å². The van der Waals surface area contributed by atoms with Gasteiger partial charge in [-0.25, -0.2) is 17.9 Å². The number of cyclic esters (lactones) is 1. The quantitative estimate of drug-likeness (QED) is 0.0763. The predicted octanol–water partition coefficient (Wildman–Crippen LogP) is 5.78. The number of sulfonamides is 1. The van der Waals surface area contributed by atoms with Crippen LogP contribution in [-0.4, -0.2) is 203 Å². The molecule has 5 rings (SSSR count). The molecular formula is C61H102N4O20S. The maximum absolute atomic E-state index is 16.2. The van der Waals surface area contributed by atoms with Crippen molar-refractivity contribution in [2.24, 2.45) is 58.4 Å². The van der Waals surface area contributed by atoms with Gasteiger partial charge in [0.25, 0.3) is 0 Å². The highest BCUT2D eigenvalue weighted by atomic mass is 32.2. The number of aliphatic hydroxyl groups is 2. The first-order chi connectivity index (χ1) is 40.1. The van der Waals surface area contributed by atoms with Crippen molar-refractivity contribution in [1.29, 1.82) is 0 Å². The molecule has 0 saturated carbocycles. The molecule has 86 heavy (non-hydrogen) atoms. The van der Waals surface area contributed by atoms with Gasteiger partial charge in [0.2, 0.25) is 10.0 Å². The van der Waals surface area contributed by atoms with Gasteiger partial charge in [0.1, 0.15) is 37.6 Å². The number of Topliss-reactive ketones (excluding diaryl/α,β-unsaturated/α-hetero) is 1. The van der Waals surface area contributed by atoms with Gasteiger partial charge in [-0.2, -0.15) is 0 Å². The normalized spacial score (nSPS) is 38.0. The van der Waals surface area contributed by atoms with Crippen LogP contribution >= 0.6 is 0 Å². The molecule has 24 nitrogen and oxygen atoms in total. The van der Waals surface area contributed by atoms with Crippen molar-refractivity contribution >= 4 is 39.6 Å². The topological polar surface area (TPSA) is 304 Å². The number of hydrogen-bond donors (Lipinski definition) is 5. The molecule has 492 valence electrons. The molecule has 0 spiro atoms. The zero-order valence-electron chi connectivity index (χ0n) is 54.0. The molecule has 4 fully saturated rings. The number of hydrogen-bond acceptors (Lipinski definition) is 21. The van der Waals surface area contributed by atoms with Crippen LogP contribution < -0.4 is 10.0 Å². The first-order valence-electron chi connectivity index (χ1n) is 30.3. The van der Waals surface area contributed by atoms with E-state index in [9.17, 15) is 33.3 Å². The van der Waals surface area contributed by atoms with Crippen LogP contribution in [0.15, 0.2) is 40.4 Å². The standard InChI is InChI=1S/C61H102N4O20S/c1-31(2)45(55(69)70)46-37(8)50(33(4)29-78-58-53(76-18)52(75-17)47(66)41(12)81-58)83-56(71)40(11)51(82-44-25-34(5)65(16)28-36(7)79-44)39(10)49(84-57-48(67)43(64-77-19)26-35(6)80-57)32(3)27-61(15,54(68)38(46)9)85-59(72)63-60(13,14)30-62-86(73,74)42-23-21-20-22-24-42/h20-24,31-41,44-53,57-58,62,66-67H,25-30H2,1-19H3,(H,63,72)(H,69,70)/t32-,33?,34-,35+,36-,37-,38+,39+,40+,41+,44-,45+,46+,47+,48+,49-,50?,51-,52+,53+,57-,58+,61-/m0/s1. The van der Waals surface area contributed by atoms with E-state index in [1.807, 2.05) is 27.8 Å². The molecule has 0 bridgehead atoms. The number of oxime groups is 1. The lowest BCUT2D eigenvalue weighted by Gasteiger charge is -2.46. The van der Waals surface area contributed by atoms with E-state index < -0.39 is 172 Å². The van der Waals surface area contributed by atoms with Crippen LogP contribution in [0.25, 0.3) is 0 Å². The Morgan fingerprint density at radius 1 is 0.849 bits per heavy atom. The summed E-state index contributed by atoms with van der Waals surface area (Å²) in [6.45, 7) is 25.9. The Kier molecular flexibility index (Phi) is 26.4. The number of ketones is 1. The largest absolute Gasteiger partial charge is 0.481 e. The van der Waals surface area contributed by atoms with Crippen molar-refractivity contribution in [3.8, 4) is 0 Å². The highest BCUT2D eigenvalue weighted by Gasteiger charge is 2.54. The van der Waals surface area contributed by atoms with Crippen molar-refractivity contribution in [1.82, 2.24) is 14.9 Å². The van der Waals surface area contributed by atoms with Crippen LogP contribution in [0.1, 0.15) is 123 Å². The number of benzene rings is 1. The summed E-state index contributed by atoms with van der Waals surface area (Å²) in [7, 11) is 2.16. The second kappa shape index (κ2) is 31.2. The Hall–Kier alpha value is -3.96. The van der Waals surface area contributed by atoms with E-state index in [4.69, 9.17) is 52.2 Å². The number of ether oxygens (including phenoxy) is 10. The van der Waals surface area contributed by atoms with Gasteiger partial charge < -0.3 is 77.7 Å². The number of methoxy groups -OCH3 is 2. The molecule has 0 aromatic heterocycles. The third-order valence-corrected chi connectivity index (χ3v) is 19.3. The van der Waals surface area contributed by atoms with Crippen molar-refractivity contribution in [3.63, 3.8) is 0 Å². The average molecular weight is 1240 g/mol. The molecule has 2 unspecified atom stereocenters. The number of aliphatic carboxylic acids is 1. The van der Waals surface area contributed by atoms with Gasteiger partial charge >= 0.3 is 18.0 Å². The molecule has 25 heteroatoms. The van der Waals surface area contributed by atoms with Gasteiger partial charge in [-0.1, -0.05) is 71.8 Å². The molecular weight excluding hydrogens is 1140 g/mol. The Morgan fingerprint density at radius 3 is 2.08 bits per heavy atom. The monoisotopic (exact) mass is 1240 g/mol. The summed E-state index contributed by atoms with van der Waals surface area (Å²) in [5, 5.41) is 41.0. The van der Waals surface area contributed by atoms with Crippen molar-refractivity contribution in [2.75, 3.05) is 48.1 Å². The van der Waals surface area contributed by atoms with Crippen molar-refractivity contribution in [3.05, 3.63) is 30.3 Å². The van der Waals surface area contributed by atoms with E-state index in [0.29, 0.717) is 13.0 Å². The summed E-state index contributed by atoms with van der Waals surface area (Å²) in [5.74, 6) is -11.5. The highest BCUT2D eigenvalue weighted by molar-refractivity contribution is 7.89.